The van der Waals surface area contributed by atoms with Gasteiger partial charge < -0.3 is 4.90 Å². The average molecular weight is 460 g/mol. The minimum atomic E-state index is -4.73. The normalized spacial score (nSPS) is 16.5. The highest BCUT2D eigenvalue weighted by atomic mass is 32.1. The van der Waals surface area contributed by atoms with Crippen molar-refractivity contribution in [3.05, 3.63) is 59.2 Å². The van der Waals surface area contributed by atoms with Gasteiger partial charge in [0, 0.05) is 18.7 Å². The lowest BCUT2D eigenvalue weighted by Crippen LogP contribution is -2.47. The van der Waals surface area contributed by atoms with E-state index < -0.39 is 17.3 Å². The third-order valence-electron chi connectivity index (χ3n) is 5.48. The van der Waals surface area contributed by atoms with Gasteiger partial charge in [0.15, 0.2) is 5.11 Å². The predicted octanol–water partition coefficient (Wildman–Crippen LogP) is 6.36. The molecule has 1 amide bonds. The highest BCUT2D eigenvalue weighted by Gasteiger charge is 2.35. The van der Waals surface area contributed by atoms with Crippen LogP contribution in [0.2, 0.25) is 0 Å². The largest absolute Gasteiger partial charge is 0.417 e. The first kappa shape index (κ1) is 23.7. The summed E-state index contributed by atoms with van der Waals surface area (Å²) in [6.07, 6.45) is -0.217. The van der Waals surface area contributed by atoms with Crippen molar-refractivity contribution in [2.75, 3.05) is 16.3 Å². The third-order valence-corrected chi connectivity index (χ3v) is 5.88. The maximum atomic E-state index is 13.6. The van der Waals surface area contributed by atoms with E-state index in [2.05, 4.69) is 0 Å². The molecule has 1 aliphatic heterocycles. The summed E-state index contributed by atoms with van der Waals surface area (Å²) in [4.78, 5) is 16.2. The number of benzene rings is 2. The van der Waals surface area contributed by atoms with Crippen molar-refractivity contribution in [3.63, 3.8) is 0 Å². The number of halogens is 3. The lowest BCUT2D eigenvalue weighted by Gasteiger charge is -2.33. The van der Waals surface area contributed by atoms with Crippen LogP contribution in [-0.4, -0.2) is 17.6 Å². The number of rotatable bonds is 2. The minimum Gasteiger partial charge on any atom is -0.318 e. The molecule has 4 nitrogen and oxygen atoms in total. The maximum absolute atomic E-state index is 13.6. The van der Waals surface area contributed by atoms with Crippen LogP contribution in [0, 0.1) is 18.3 Å². The monoisotopic (exact) mass is 459 g/mol. The number of nitrogens with zero attached hydrogens (tertiary/aromatic N) is 3. The molecule has 0 saturated carbocycles. The molecule has 1 aliphatic rings. The van der Waals surface area contributed by atoms with Crippen molar-refractivity contribution in [2.24, 2.45) is 0 Å². The Morgan fingerprint density at radius 3 is 2.25 bits per heavy atom. The topological polar surface area (TPSA) is 47.3 Å². The van der Waals surface area contributed by atoms with Crippen molar-refractivity contribution in [1.82, 2.24) is 0 Å². The molecule has 1 saturated heterocycles. The molecule has 0 aromatic heterocycles. The van der Waals surface area contributed by atoms with Gasteiger partial charge in [-0.2, -0.15) is 18.4 Å². The molecule has 0 atom stereocenters. The van der Waals surface area contributed by atoms with E-state index in [9.17, 15) is 18.0 Å². The molecule has 32 heavy (non-hydrogen) atoms. The molecule has 1 fully saturated rings. The van der Waals surface area contributed by atoms with E-state index >= 15 is 0 Å². The second kappa shape index (κ2) is 10.1. The summed E-state index contributed by atoms with van der Waals surface area (Å²) in [6, 6.07) is 12.5. The Kier molecular flexibility index (Phi) is 7.52. The van der Waals surface area contributed by atoms with Gasteiger partial charge in [-0.3, -0.25) is 9.69 Å². The number of amides is 1. The fraction of sp³-hybridized carbons (Fsp3) is 0.375. The Bertz CT molecular complexity index is 1030. The van der Waals surface area contributed by atoms with Crippen molar-refractivity contribution >= 4 is 34.6 Å². The zero-order valence-electron chi connectivity index (χ0n) is 17.8. The number of nitriles is 1. The first-order valence-corrected chi connectivity index (χ1v) is 11.0. The number of aryl methyl sites for hydroxylation is 1. The third kappa shape index (κ3) is 5.46. The first-order valence-electron chi connectivity index (χ1n) is 10.5. The van der Waals surface area contributed by atoms with Crippen LogP contribution in [0.25, 0.3) is 0 Å². The molecule has 1 heterocycles. The molecule has 0 spiro atoms. The molecule has 0 radical (unpaired) electrons. The highest BCUT2D eigenvalue weighted by molar-refractivity contribution is 7.81. The molecule has 2 aromatic carbocycles. The van der Waals surface area contributed by atoms with Crippen LogP contribution in [0.15, 0.2) is 42.5 Å². The average Bonchev–Trinajstić information content (AvgIpc) is 2.78. The van der Waals surface area contributed by atoms with Gasteiger partial charge in [0.05, 0.1) is 22.9 Å². The Morgan fingerprint density at radius 1 is 0.969 bits per heavy atom. The van der Waals surface area contributed by atoms with E-state index in [0.717, 1.165) is 49.1 Å². The molecule has 8 heteroatoms. The van der Waals surface area contributed by atoms with E-state index in [0.29, 0.717) is 13.0 Å². The summed E-state index contributed by atoms with van der Waals surface area (Å²) < 4.78 is 40.7. The quantitative estimate of drug-likeness (QED) is 0.490. The number of alkyl halides is 3. The summed E-state index contributed by atoms with van der Waals surface area (Å²) in [7, 11) is 0. The van der Waals surface area contributed by atoms with E-state index in [1.807, 2.05) is 36.1 Å². The number of hydrogen-bond acceptors (Lipinski definition) is 3. The van der Waals surface area contributed by atoms with E-state index in [4.69, 9.17) is 17.5 Å². The van der Waals surface area contributed by atoms with Gasteiger partial charge in [-0.05, 0) is 62.3 Å². The predicted molar refractivity (Wildman–Crippen MR) is 122 cm³/mol. The van der Waals surface area contributed by atoms with Crippen molar-refractivity contribution < 1.29 is 18.0 Å². The second-order valence-electron chi connectivity index (χ2n) is 7.86. The molecular formula is C24H24F3N3OS. The summed E-state index contributed by atoms with van der Waals surface area (Å²) >= 11 is 5.70. The number of anilines is 2. The summed E-state index contributed by atoms with van der Waals surface area (Å²) in [5, 5.41) is 9.25. The molecular weight excluding hydrogens is 435 g/mol. The fourth-order valence-corrected chi connectivity index (χ4v) is 4.14. The van der Waals surface area contributed by atoms with Crippen molar-refractivity contribution in [3.8, 4) is 6.07 Å². The second-order valence-corrected chi connectivity index (χ2v) is 8.22. The van der Waals surface area contributed by atoms with E-state index in [1.165, 1.54) is 11.0 Å². The van der Waals surface area contributed by atoms with Gasteiger partial charge in [-0.15, -0.1) is 0 Å². The van der Waals surface area contributed by atoms with Gasteiger partial charge in [0.1, 0.15) is 0 Å². The molecule has 0 bridgehead atoms. The maximum Gasteiger partial charge on any atom is 0.417 e. The van der Waals surface area contributed by atoms with Crippen molar-refractivity contribution in [1.29, 1.82) is 5.26 Å². The standard InChI is InChI=1S/C24H24F3N3OS/c1-17-8-11-19(12-9-17)29-14-6-4-2-3-5-7-22(31)30(23(29)32)20-13-10-18(16-28)21(15-20)24(25,26)27/h8-13,15H,2-7,14H2,1H3. The lowest BCUT2D eigenvalue weighted by atomic mass is 10.1. The number of carbonyl (C=O) groups is 1. The van der Waals surface area contributed by atoms with Crippen LogP contribution < -0.4 is 9.80 Å². The van der Waals surface area contributed by atoms with Gasteiger partial charge in [-0.25, -0.2) is 0 Å². The molecule has 2 aromatic rings. The SMILES string of the molecule is Cc1ccc(N2CCCCCCCC(=O)N(c3ccc(C#N)c(C(F)(F)F)c3)C2=S)cc1. The Hall–Kier alpha value is -2.92. The number of carbonyl (C=O) groups excluding carboxylic acids is 1. The van der Waals surface area contributed by atoms with Gasteiger partial charge in [0.2, 0.25) is 5.91 Å². The lowest BCUT2D eigenvalue weighted by molar-refractivity contribution is -0.137. The number of thiocarbonyl (C=S) groups is 1. The van der Waals surface area contributed by atoms with E-state index in [1.54, 1.807) is 6.07 Å². The molecule has 3 rings (SSSR count). The van der Waals surface area contributed by atoms with Gasteiger partial charge in [0.25, 0.3) is 0 Å². The summed E-state index contributed by atoms with van der Waals surface area (Å²) in [5.41, 5.74) is 0.287. The smallest absolute Gasteiger partial charge is 0.318 e. The molecule has 168 valence electrons. The van der Waals surface area contributed by atoms with Crippen LogP contribution in [0.5, 0.6) is 0 Å². The zero-order valence-corrected chi connectivity index (χ0v) is 18.6. The summed E-state index contributed by atoms with van der Waals surface area (Å²) in [5.74, 6) is -0.355. The van der Waals surface area contributed by atoms with Crippen LogP contribution in [-0.2, 0) is 11.0 Å². The van der Waals surface area contributed by atoms with Crippen LogP contribution >= 0.6 is 12.2 Å². The van der Waals surface area contributed by atoms with Crippen LogP contribution in [0.3, 0.4) is 0 Å². The Balaban J connectivity index is 2.10. The zero-order chi connectivity index (χ0) is 23.3. The molecule has 0 N–H and O–H groups in total. The Morgan fingerprint density at radius 2 is 1.59 bits per heavy atom. The summed E-state index contributed by atoms with van der Waals surface area (Å²) in [6.45, 7) is 2.51. The molecule has 0 unspecified atom stereocenters. The first-order chi connectivity index (χ1) is 15.2. The molecule has 0 aliphatic carbocycles. The van der Waals surface area contributed by atoms with Gasteiger partial charge in [-0.1, -0.05) is 37.0 Å². The highest BCUT2D eigenvalue weighted by Crippen LogP contribution is 2.35. The van der Waals surface area contributed by atoms with Crippen LogP contribution in [0.1, 0.15) is 55.2 Å². The van der Waals surface area contributed by atoms with Crippen LogP contribution in [0.4, 0.5) is 24.5 Å². The Labute approximate surface area is 191 Å². The van der Waals surface area contributed by atoms with Crippen molar-refractivity contribution in [2.45, 2.75) is 51.6 Å². The minimum absolute atomic E-state index is 0.0164. The van der Waals surface area contributed by atoms with E-state index in [-0.39, 0.29) is 23.1 Å². The number of hydrogen-bond donors (Lipinski definition) is 0. The fourth-order valence-electron chi connectivity index (χ4n) is 3.73. The van der Waals surface area contributed by atoms with Gasteiger partial charge >= 0.3 is 6.18 Å².